The maximum Gasteiger partial charge on any atom is 0.262 e. The number of hydrogen-bond acceptors (Lipinski definition) is 4. The second-order valence-corrected chi connectivity index (χ2v) is 9.11. The number of hydrogen-bond donors (Lipinski definition) is 2. The summed E-state index contributed by atoms with van der Waals surface area (Å²) in [5.41, 5.74) is 3.38. The van der Waals surface area contributed by atoms with Crippen LogP contribution < -0.4 is 10.6 Å². The third-order valence-electron chi connectivity index (χ3n) is 5.81. The first-order valence-electron chi connectivity index (χ1n) is 11.1. The Morgan fingerprint density at radius 2 is 1.62 bits per heavy atom. The monoisotopic (exact) mass is 447 g/mol. The number of nitrogens with one attached hydrogen (secondary N) is 2. The van der Waals surface area contributed by atoms with Crippen LogP contribution in [0.4, 0.5) is 0 Å². The lowest BCUT2D eigenvalue weighted by Gasteiger charge is -2.20. The highest BCUT2D eigenvalue weighted by Gasteiger charge is 2.22. The van der Waals surface area contributed by atoms with E-state index in [1.54, 1.807) is 6.07 Å². The van der Waals surface area contributed by atoms with Crippen molar-refractivity contribution in [3.8, 4) is 0 Å². The number of thiophene rings is 1. The third-order valence-corrected chi connectivity index (χ3v) is 6.68. The number of carbonyl (C=O) groups excluding carboxylic acids is 2. The van der Waals surface area contributed by atoms with Gasteiger partial charge in [-0.3, -0.25) is 14.5 Å². The molecule has 2 N–H and O–H groups in total. The van der Waals surface area contributed by atoms with Gasteiger partial charge in [-0.2, -0.15) is 0 Å². The third kappa shape index (κ3) is 6.05. The van der Waals surface area contributed by atoms with Gasteiger partial charge < -0.3 is 10.6 Å². The Morgan fingerprint density at radius 3 is 2.34 bits per heavy atom. The van der Waals surface area contributed by atoms with Crippen molar-refractivity contribution in [1.82, 2.24) is 15.5 Å². The van der Waals surface area contributed by atoms with Crippen LogP contribution in [0.15, 0.2) is 72.1 Å². The van der Waals surface area contributed by atoms with Gasteiger partial charge in [-0.1, -0.05) is 60.7 Å². The summed E-state index contributed by atoms with van der Waals surface area (Å²) < 4.78 is 0. The average Bonchev–Trinajstić information content (AvgIpc) is 3.53. The molecule has 0 saturated carbocycles. The summed E-state index contributed by atoms with van der Waals surface area (Å²) in [6, 6.07) is 21.0. The van der Waals surface area contributed by atoms with Crippen LogP contribution in [0.2, 0.25) is 0 Å². The van der Waals surface area contributed by atoms with Crippen LogP contribution >= 0.6 is 11.3 Å². The molecule has 2 heterocycles. The van der Waals surface area contributed by atoms with Gasteiger partial charge in [0.2, 0.25) is 5.91 Å². The van der Waals surface area contributed by atoms with Crippen molar-refractivity contribution < 1.29 is 9.59 Å². The molecular weight excluding hydrogens is 418 g/mol. The van der Waals surface area contributed by atoms with Crippen LogP contribution in [0.1, 0.15) is 39.2 Å². The SMILES string of the molecule is O=C(N[C@@H](Cc1ccccc1)C(=O)NCc1ccccc1CN1CCCC1)c1cccs1. The molecule has 0 aliphatic carbocycles. The zero-order chi connectivity index (χ0) is 22.2. The van der Waals surface area contributed by atoms with Gasteiger partial charge in [-0.25, -0.2) is 0 Å². The maximum atomic E-state index is 13.1. The molecule has 1 fully saturated rings. The van der Waals surface area contributed by atoms with Crippen molar-refractivity contribution in [2.24, 2.45) is 0 Å². The highest BCUT2D eigenvalue weighted by molar-refractivity contribution is 7.12. The minimum Gasteiger partial charge on any atom is -0.350 e. The molecule has 0 radical (unpaired) electrons. The lowest BCUT2D eigenvalue weighted by Crippen LogP contribution is -2.47. The van der Waals surface area contributed by atoms with Crippen molar-refractivity contribution in [3.05, 3.63) is 93.7 Å². The molecule has 0 spiro atoms. The normalized spacial score (nSPS) is 14.8. The van der Waals surface area contributed by atoms with E-state index in [1.807, 2.05) is 47.8 Å². The summed E-state index contributed by atoms with van der Waals surface area (Å²) in [5.74, 6) is -0.389. The van der Waals surface area contributed by atoms with Gasteiger partial charge in [0.1, 0.15) is 6.04 Å². The van der Waals surface area contributed by atoms with Crippen LogP contribution in [-0.2, 0) is 24.3 Å². The average molecular weight is 448 g/mol. The fourth-order valence-electron chi connectivity index (χ4n) is 4.07. The van der Waals surface area contributed by atoms with E-state index in [1.165, 1.54) is 29.7 Å². The molecule has 1 aliphatic heterocycles. The first kappa shape index (κ1) is 22.2. The van der Waals surface area contributed by atoms with Gasteiger partial charge in [-0.15, -0.1) is 11.3 Å². The number of likely N-dealkylation sites (tertiary alicyclic amines) is 1. The fourth-order valence-corrected chi connectivity index (χ4v) is 4.69. The van der Waals surface area contributed by atoms with Gasteiger partial charge >= 0.3 is 0 Å². The quantitative estimate of drug-likeness (QED) is 0.521. The van der Waals surface area contributed by atoms with Gasteiger partial charge in [-0.05, 0) is 54.1 Å². The van der Waals surface area contributed by atoms with E-state index >= 15 is 0 Å². The lowest BCUT2D eigenvalue weighted by molar-refractivity contribution is -0.123. The van der Waals surface area contributed by atoms with Crippen LogP contribution in [0.3, 0.4) is 0 Å². The highest BCUT2D eigenvalue weighted by Crippen LogP contribution is 2.16. The van der Waals surface area contributed by atoms with Crippen molar-refractivity contribution in [1.29, 1.82) is 0 Å². The Morgan fingerprint density at radius 1 is 0.906 bits per heavy atom. The summed E-state index contributed by atoms with van der Waals surface area (Å²) in [4.78, 5) is 28.9. The molecule has 1 atom stereocenters. The molecule has 32 heavy (non-hydrogen) atoms. The van der Waals surface area contributed by atoms with Gasteiger partial charge in [0.25, 0.3) is 5.91 Å². The standard InChI is InChI=1S/C26H29N3O2S/c30-25(27-18-21-11-4-5-12-22(21)19-29-14-6-7-15-29)23(17-20-9-2-1-3-10-20)28-26(31)24-13-8-16-32-24/h1-5,8-13,16,23H,6-7,14-15,17-19H2,(H,27,30)(H,28,31)/t23-/m0/s1. The predicted octanol–water partition coefficient (Wildman–Crippen LogP) is 4.00. The fraction of sp³-hybridized carbons (Fsp3) is 0.308. The van der Waals surface area contributed by atoms with E-state index in [0.717, 1.165) is 30.8 Å². The molecule has 166 valence electrons. The van der Waals surface area contributed by atoms with Crippen LogP contribution in [0.25, 0.3) is 0 Å². The van der Waals surface area contributed by atoms with E-state index in [-0.39, 0.29) is 11.8 Å². The number of benzene rings is 2. The van der Waals surface area contributed by atoms with Crippen molar-refractivity contribution in [2.45, 2.75) is 38.4 Å². The largest absolute Gasteiger partial charge is 0.350 e. The van der Waals surface area contributed by atoms with E-state index in [0.29, 0.717) is 17.8 Å². The Bertz CT molecular complexity index is 1010. The Kier molecular flexibility index (Phi) is 7.69. The zero-order valence-electron chi connectivity index (χ0n) is 18.1. The molecule has 0 bridgehead atoms. The zero-order valence-corrected chi connectivity index (χ0v) is 18.9. The highest BCUT2D eigenvalue weighted by atomic mass is 32.1. The molecule has 2 aromatic carbocycles. The van der Waals surface area contributed by atoms with Gasteiger partial charge in [0.15, 0.2) is 0 Å². The maximum absolute atomic E-state index is 13.1. The molecule has 4 rings (SSSR count). The van der Waals surface area contributed by atoms with Crippen LogP contribution in [-0.4, -0.2) is 35.8 Å². The first-order chi connectivity index (χ1) is 15.7. The molecule has 1 aromatic heterocycles. The number of amides is 2. The molecule has 2 amide bonds. The summed E-state index contributed by atoms with van der Waals surface area (Å²) in [5, 5.41) is 7.85. The van der Waals surface area contributed by atoms with Crippen LogP contribution in [0, 0.1) is 0 Å². The Balaban J connectivity index is 1.43. The molecule has 1 saturated heterocycles. The van der Waals surface area contributed by atoms with Gasteiger partial charge in [0.05, 0.1) is 4.88 Å². The minimum absolute atomic E-state index is 0.172. The lowest BCUT2D eigenvalue weighted by atomic mass is 10.0. The molecule has 1 aliphatic rings. The number of carbonyl (C=O) groups is 2. The predicted molar refractivity (Wildman–Crippen MR) is 129 cm³/mol. The Labute approximate surface area is 193 Å². The smallest absolute Gasteiger partial charge is 0.262 e. The number of rotatable bonds is 9. The van der Waals surface area contributed by atoms with E-state index in [9.17, 15) is 9.59 Å². The van der Waals surface area contributed by atoms with Crippen molar-refractivity contribution in [2.75, 3.05) is 13.1 Å². The second kappa shape index (κ2) is 11.1. The van der Waals surface area contributed by atoms with E-state index in [4.69, 9.17) is 0 Å². The van der Waals surface area contributed by atoms with Crippen molar-refractivity contribution in [3.63, 3.8) is 0 Å². The van der Waals surface area contributed by atoms with E-state index < -0.39 is 6.04 Å². The van der Waals surface area contributed by atoms with Crippen molar-refractivity contribution >= 4 is 23.2 Å². The topological polar surface area (TPSA) is 61.4 Å². The second-order valence-electron chi connectivity index (χ2n) is 8.16. The Hall–Kier alpha value is -2.96. The molecular formula is C26H29N3O2S. The summed E-state index contributed by atoms with van der Waals surface area (Å²) in [7, 11) is 0. The molecule has 6 heteroatoms. The molecule has 5 nitrogen and oxygen atoms in total. The van der Waals surface area contributed by atoms with Gasteiger partial charge in [0, 0.05) is 19.5 Å². The summed E-state index contributed by atoms with van der Waals surface area (Å²) in [6.07, 6.45) is 2.95. The van der Waals surface area contributed by atoms with E-state index in [2.05, 4.69) is 33.7 Å². The number of nitrogens with zero attached hydrogens (tertiary/aromatic N) is 1. The minimum atomic E-state index is -0.641. The summed E-state index contributed by atoms with van der Waals surface area (Å²) in [6.45, 7) is 3.63. The van der Waals surface area contributed by atoms with Crippen LogP contribution in [0.5, 0.6) is 0 Å². The first-order valence-corrected chi connectivity index (χ1v) is 12.0. The molecule has 0 unspecified atom stereocenters. The molecule has 3 aromatic rings. The summed E-state index contributed by atoms with van der Waals surface area (Å²) >= 11 is 1.37.